The maximum absolute atomic E-state index is 4.29. The van der Waals surface area contributed by atoms with Crippen LogP contribution in [0, 0.1) is 5.92 Å². The Kier molecular flexibility index (Phi) is 2.64. The molecular formula is C10H17N3. The lowest BCUT2D eigenvalue weighted by Gasteiger charge is -2.36. The van der Waals surface area contributed by atoms with Gasteiger partial charge >= 0.3 is 0 Å². The average molecular weight is 179 g/mol. The maximum Gasteiger partial charge on any atom is 0.0559 e. The van der Waals surface area contributed by atoms with Crippen molar-refractivity contribution in [3.63, 3.8) is 0 Å². The van der Waals surface area contributed by atoms with E-state index in [1.54, 1.807) is 0 Å². The molecule has 1 aliphatic carbocycles. The van der Waals surface area contributed by atoms with E-state index in [1.165, 1.54) is 12.8 Å². The van der Waals surface area contributed by atoms with Crippen molar-refractivity contribution in [3.8, 4) is 0 Å². The van der Waals surface area contributed by atoms with Gasteiger partial charge < -0.3 is 5.32 Å². The van der Waals surface area contributed by atoms with Gasteiger partial charge in [0, 0.05) is 12.4 Å². The van der Waals surface area contributed by atoms with Crippen LogP contribution in [0.1, 0.15) is 25.8 Å². The molecule has 3 heteroatoms. The van der Waals surface area contributed by atoms with Crippen molar-refractivity contribution in [2.75, 3.05) is 13.1 Å². The van der Waals surface area contributed by atoms with E-state index in [1.807, 2.05) is 12.3 Å². The molecule has 1 aromatic heterocycles. The summed E-state index contributed by atoms with van der Waals surface area (Å²) < 4.78 is 2.10. The van der Waals surface area contributed by atoms with E-state index < -0.39 is 0 Å². The third kappa shape index (κ3) is 1.75. The molecule has 72 valence electrons. The maximum atomic E-state index is 4.29. The van der Waals surface area contributed by atoms with Crippen LogP contribution in [-0.4, -0.2) is 22.9 Å². The molecule has 1 saturated carbocycles. The highest BCUT2D eigenvalue weighted by Crippen LogP contribution is 2.37. The summed E-state index contributed by atoms with van der Waals surface area (Å²) in [5.74, 6) is 0.792. The van der Waals surface area contributed by atoms with Gasteiger partial charge in [0.25, 0.3) is 0 Å². The van der Waals surface area contributed by atoms with Crippen LogP contribution in [0.15, 0.2) is 18.5 Å². The fraction of sp³-hybridized carbons (Fsp3) is 0.700. The third-order valence-electron chi connectivity index (χ3n) is 2.90. The Labute approximate surface area is 79.1 Å². The minimum absolute atomic E-state index is 0.647. The summed E-state index contributed by atoms with van der Waals surface area (Å²) in [6.45, 7) is 4.37. The Hall–Kier alpha value is -0.830. The highest BCUT2D eigenvalue weighted by atomic mass is 15.3. The molecule has 1 fully saturated rings. The zero-order valence-corrected chi connectivity index (χ0v) is 8.11. The molecule has 0 spiro atoms. The first-order valence-corrected chi connectivity index (χ1v) is 5.11. The van der Waals surface area contributed by atoms with E-state index in [0.717, 1.165) is 19.0 Å². The molecule has 2 unspecified atom stereocenters. The van der Waals surface area contributed by atoms with E-state index >= 15 is 0 Å². The van der Waals surface area contributed by atoms with Gasteiger partial charge in [-0.15, -0.1) is 0 Å². The molecule has 1 heterocycles. The Morgan fingerprint density at radius 3 is 3.00 bits per heavy atom. The number of rotatable bonds is 4. The van der Waals surface area contributed by atoms with Gasteiger partial charge in [0.1, 0.15) is 0 Å². The molecule has 0 aliphatic heterocycles. The van der Waals surface area contributed by atoms with E-state index in [2.05, 4.69) is 28.2 Å². The van der Waals surface area contributed by atoms with Gasteiger partial charge in [0.2, 0.25) is 0 Å². The van der Waals surface area contributed by atoms with Gasteiger partial charge in [-0.05, 0) is 37.9 Å². The van der Waals surface area contributed by atoms with Crippen LogP contribution in [0.4, 0.5) is 0 Å². The molecule has 0 bridgehead atoms. The lowest BCUT2D eigenvalue weighted by atomic mass is 9.79. The summed E-state index contributed by atoms with van der Waals surface area (Å²) in [4.78, 5) is 0. The standard InChI is InChI=1S/C10H17N3/c1-2-11-8-9-4-5-10(9)13-7-3-6-12-13/h3,6-7,9-11H,2,4-5,8H2,1H3. The molecular weight excluding hydrogens is 162 g/mol. The van der Waals surface area contributed by atoms with E-state index in [9.17, 15) is 0 Å². The lowest BCUT2D eigenvalue weighted by Crippen LogP contribution is -2.37. The second-order valence-electron chi connectivity index (χ2n) is 3.70. The summed E-state index contributed by atoms with van der Waals surface area (Å²) in [5.41, 5.74) is 0. The molecule has 1 N–H and O–H groups in total. The molecule has 2 atom stereocenters. The highest BCUT2D eigenvalue weighted by Gasteiger charge is 2.31. The lowest BCUT2D eigenvalue weighted by molar-refractivity contribution is 0.164. The summed E-state index contributed by atoms with van der Waals surface area (Å²) in [7, 11) is 0. The fourth-order valence-corrected chi connectivity index (χ4v) is 1.94. The predicted molar refractivity (Wildman–Crippen MR) is 52.5 cm³/mol. The Morgan fingerprint density at radius 1 is 1.54 bits per heavy atom. The molecule has 0 aromatic carbocycles. The number of hydrogen-bond donors (Lipinski definition) is 1. The summed E-state index contributed by atoms with van der Waals surface area (Å²) in [5, 5.41) is 7.69. The van der Waals surface area contributed by atoms with E-state index in [0.29, 0.717) is 6.04 Å². The van der Waals surface area contributed by atoms with Gasteiger partial charge in [-0.1, -0.05) is 6.92 Å². The Bertz CT molecular complexity index is 243. The van der Waals surface area contributed by atoms with Crippen molar-refractivity contribution in [1.29, 1.82) is 0 Å². The zero-order valence-electron chi connectivity index (χ0n) is 8.11. The first-order valence-electron chi connectivity index (χ1n) is 5.11. The van der Waals surface area contributed by atoms with Crippen molar-refractivity contribution in [3.05, 3.63) is 18.5 Å². The molecule has 0 radical (unpaired) electrons. The summed E-state index contributed by atoms with van der Waals surface area (Å²) >= 11 is 0. The predicted octanol–water partition coefficient (Wildman–Crippen LogP) is 1.44. The van der Waals surface area contributed by atoms with Gasteiger partial charge in [-0.2, -0.15) is 5.10 Å². The minimum Gasteiger partial charge on any atom is -0.317 e. The van der Waals surface area contributed by atoms with Crippen LogP contribution in [0.3, 0.4) is 0 Å². The molecule has 0 amide bonds. The van der Waals surface area contributed by atoms with Crippen molar-refractivity contribution in [2.45, 2.75) is 25.8 Å². The molecule has 1 aliphatic rings. The largest absolute Gasteiger partial charge is 0.317 e. The zero-order chi connectivity index (χ0) is 9.10. The van der Waals surface area contributed by atoms with Crippen LogP contribution < -0.4 is 5.32 Å². The van der Waals surface area contributed by atoms with Gasteiger partial charge in [-0.3, -0.25) is 4.68 Å². The Morgan fingerprint density at radius 2 is 2.46 bits per heavy atom. The van der Waals surface area contributed by atoms with Crippen molar-refractivity contribution < 1.29 is 0 Å². The molecule has 3 nitrogen and oxygen atoms in total. The van der Waals surface area contributed by atoms with Crippen LogP contribution in [0.2, 0.25) is 0 Å². The molecule has 1 aromatic rings. The Balaban J connectivity index is 1.88. The van der Waals surface area contributed by atoms with Gasteiger partial charge in [0.05, 0.1) is 6.04 Å². The minimum atomic E-state index is 0.647. The fourth-order valence-electron chi connectivity index (χ4n) is 1.94. The summed E-state index contributed by atoms with van der Waals surface area (Å²) in [6.07, 6.45) is 6.57. The second kappa shape index (κ2) is 3.92. The summed E-state index contributed by atoms with van der Waals surface area (Å²) in [6, 6.07) is 2.65. The highest BCUT2D eigenvalue weighted by molar-refractivity contribution is 4.90. The number of nitrogens with one attached hydrogen (secondary N) is 1. The van der Waals surface area contributed by atoms with E-state index in [-0.39, 0.29) is 0 Å². The van der Waals surface area contributed by atoms with Gasteiger partial charge in [-0.25, -0.2) is 0 Å². The van der Waals surface area contributed by atoms with Crippen molar-refractivity contribution >= 4 is 0 Å². The topological polar surface area (TPSA) is 29.9 Å². The van der Waals surface area contributed by atoms with E-state index in [4.69, 9.17) is 0 Å². The monoisotopic (exact) mass is 179 g/mol. The molecule has 13 heavy (non-hydrogen) atoms. The van der Waals surface area contributed by atoms with Crippen LogP contribution in [0.25, 0.3) is 0 Å². The number of nitrogens with zero attached hydrogens (tertiary/aromatic N) is 2. The van der Waals surface area contributed by atoms with Crippen LogP contribution in [-0.2, 0) is 0 Å². The number of hydrogen-bond acceptors (Lipinski definition) is 2. The second-order valence-corrected chi connectivity index (χ2v) is 3.70. The van der Waals surface area contributed by atoms with Gasteiger partial charge in [0.15, 0.2) is 0 Å². The third-order valence-corrected chi connectivity index (χ3v) is 2.90. The van der Waals surface area contributed by atoms with Crippen LogP contribution in [0.5, 0.6) is 0 Å². The smallest absolute Gasteiger partial charge is 0.0559 e. The average Bonchev–Trinajstić information content (AvgIpc) is 2.56. The normalized spacial score (nSPS) is 27.2. The SMILES string of the molecule is CCNCC1CCC1n1cccn1. The molecule has 0 saturated heterocycles. The first-order chi connectivity index (χ1) is 6.42. The quantitative estimate of drug-likeness (QED) is 0.758. The number of aromatic nitrogens is 2. The van der Waals surface area contributed by atoms with Crippen LogP contribution >= 0.6 is 0 Å². The first kappa shape index (κ1) is 8.75. The van der Waals surface area contributed by atoms with Crippen molar-refractivity contribution in [1.82, 2.24) is 15.1 Å². The molecule has 2 rings (SSSR count). The van der Waals surface area contributed by atoms with Crippen molar-refractivity contribution in [2.24, 2.45) is 5.92 Å².